The van der Waals surface area contributed by atoms with Crippen molar-refractivity contribution in [3.63, 3.8) is 0 Å². The highest BCUT2D eigenvalue weighted by Gasteiger charge is 2.27. The number of likely N-dealkylation sites (tertiary alicyclic amines) is 1. The number of hydrogen-bond acceptors (Lipinski definition) is 4. The summed E-state index contributed by atoms with van der Waals surface area (Å²) in [6.07, 6.45) is 5.80. The first-order valence-corrected chi connectivity index (χ1v) is 9.00. The molecule has 1 aromatic carbocycles. The Morgan fingerprint density at radius 3 is 2.56 bits per heavy atom. The zero-order valence-electron chi connectivity index (χ0n) is 15.3. The maximum atomic E-state index is 12.7. The molecule has 1 aromatic heterocycles. The second-order valence-corrected chi connectivity index (χ2v) is 7.04. The van der Waals surface area contributed by atoms with E-state index >= 15 is 0 Å². The summed E-state index contributed by atoms with van der Waals surface area (Å²) in [5, 5.41) is 11.0. The molecule has 25 heavy (non-hydrogen) atoms. The second-order valence-electron chi connectivity index (χ2n) is 7.04. The smallest absolute Gasteiger partial charge is 0.241 e. The summed E-state index contributed by atoms with van der Waals surface area (Å²) >= 11 is 0. The summed E-state index contributed by atoms with van der Waals surface area (Å²) in [6, 6.07) is 5.96. The number of carbonyl (C=O) groups is 1. The van der Waals surface area contributed by atoms with Crippen LogP contribution in [0.3, 0.4) is 0 Å². The van der Waals surface area contributed by atoms with Crippen LogP contribution in [0.15, 0.2) is 30.6 Å². The average Bonchev–Trinajstić information content (AvgIpc) is 3.11. The maximum absolute atomic E-state index is 12.7. The minimum atomic E-state index is -0.119. The van der Waals surface area contributed by atoms with Crippen LogP contribution in [-0.4, -0.2) is 44.9 Å². The van der Waals surface area contributed by atoms with Crippen molar-refractivity contribution >= 4 is 11.6 Å². The number of piperidine rings is 1. The van der Waals surface area contributed by atoms with E-state index in [1.54, 1.807) is 6.20 Å². The lowest BCUT2D eigenvalue weighted by Gasteiger charge is -2.35. The molecule has 2 aromatic rings. The molecule has 1 fully saturated rings. The number of carbonyl (C=O) groups excluding carboxylic acids is 1. The molecule has 3 rings (SSSR count). The lowest BCUT2D eigenvalue weighted by atomic mass is 9.95. The van der Waals surface area contributed by atoms with Gasteiger partial charge in [0.2, 0.25) is 5.91 Å². The molecule has 1 aliphatic rings. The van der Waals surface area contributed by atoms with Gasteiger partial charge in [0, 0.05) is 18.4 Å². The molecule has 1 N–H and O–H groups in total. The van der Waals surface area contributed by atoms with Crippen LogP contribution in [0.5, 0.6) is 0 Å². The molecule has 0 spiro atoms. The Hall–Kier alpha value is -2.21. The van der Waals surface area contributed by atoms with Crippen molar-refractivity contribution in [3.05, 3.63) is 41.7 Å². The first-order valence-electron chi connectivity index (χ1n) is 9.00. The molecule has 134 valence electrons. The van der Waals surface area contributed by atoms with Gasteiger partial charge in [-0.05, 0) is 63.7 Å². The van der Waals surface area contributed by atoms with Gasteiger partial charge in [0.15, 0.2) is 0 Å². The van der Waals surface area contributed by atoms with Crippen molar-refractivity contribution < 1.29 is 4.79 Å². The van der Waals surface area contributed by atoms with Gasteiger partial charge >= 0.3 is 0 Å². The van der Waals surface area contributed by atoms with E-state index in [9.17, 15) is 4.79 Å². The van der Waals surface area contributed by atoms with Gasteiger partial charge in [0.1, 0.15) is 0 Å². The summed E-state index contributed by atoms with van der Waals surface area (Å²) in [5.41, 5.74) is 3.15. The Labute approximate surface area is 149 Å². The van der Waals surface area contributed by atoms with Gasteiger partial charge in [-0.25, -0.2) is 0 Å². The van der Waals surface area contributed by atoms with Crippen LogP contribution >= 0.6 is 0 Å². The van der Waals surface area contributed by atoms with Crippen molar-refractivity contribution in [2.24, 2.45) is 5.92 Å². The normalized spacial score (nSPS) is 17.4. The van der Waals surface area contributed by atoms with Crippen LogP contribution < -0.4 is 5.32 Å². The van der Waals surface area contributed by atoms with Crippen molar-refractivity contribution in [2.75, 3.05) is 18.4 Å². The monoisotopic (exact) mass is 341 g/mol. The van der Waals surface area contributed by atoms with Gasteiger partial charge in [-0.2, -0.15) is 0 Å². The predicted molar refractivity (Wildman–Crippen MR) is 98.3 cm³/mol. The molecule has 1 unspecified atom stereocenters. The number of aryl methyl sites for hydroxylation is 2. The van der Waals surface area contributed by atoms with Gasteiger partial charge in [-0.1, -0.05) is 23.4 Å². The molecule has 6 heteroatoms. The van der Waals surface area contributed by atoms with E-state index < -0.39 is 0 Å². The molecule has 2 heterocycles. The lowest BCUT2D eigenvalue weighted by Crippen LogP contribution is -2.46. The Kier molecular flexibility index (Phi) is 5.48. The van der Waals surface area contributed by atoms with E-state index in [1.165, 1.54) is 0 Å². The van der Waals surface area contributed by atoms with Crippen molar-refractivity contribution in [1.29, 1.82) is 0 Å². The fourth-order valence-electron chi connectivity index (χ4n) is 3.52. The molecule has 1 amide bonds. The molecule has 1 aliphatic heterocycles. The van der Waals surface area contributed by atoms with Crippen molar-refractivity contribution in [3.8, 4) is 0 Å². The van der Waals surface area contributed by atoms with Crippen molar-refractivity contribution in [1.82, 2.24) is 19.9 Å². The number of rotatable bonds is 5. The summed E-state index contributed by atoms with van der Waals surface area (Å²) in [7, 11) is 0. The number of hydrogen-bond donors (Lipinski definition) is 1. The molecule has 0 saturated carbocycles. The summed E-state index contributed by atoms with van der Waals surface area (Å²) in [6.45, 7) is 8.87. The Balaban J connectivity index is 1.53. The quantitative estimate of drug-likeness (QED) is 0.908. The third-order valence-electron chi connectivity index (χ3n) is 5.22. The molecular formula is C19H27N5O. The Morgan fingerprint density at radius 1 is 1.28 bits per heavy atom. The number of anilines is 1. The van der Waals surface area contributed by atoms with Gasteiger partial charge in [-0.3, -0.25) is 14.4 Å². The minimum absolute atomic E-state index is 0.0760. The highest BCUT2D eigenvalue weighted by atomic mass is 16.2. The highest BCUT2D eigenvalue weighted by Crippen LogP contribution is 2.23. The zero-order valence-corrected chi connectivity index (χ0v) is 15.3. The minimum Gasteiger partial charge on any atom is -0.324 e. The van der Waals surface area contributed by atoms with Gasteiger partial charge < -0.3 is 5.32 Å². The summed E-state index contributed by atoms with van der Waals surface area (Å²) < 4.78 is 1.90. The third-order valence-corrected chi connectivity index (χ3v) is 5.22. The number of benzene rings is 1. The second kappa shape index (κ2) is 7.78. The first kappa shape index (κ1) is 17.6. The summed E-state index contributed by atoms with van der Waals surface area (Å²) in [5.74, 6) is 0.680. The Morgan fingerprint density at radius 2 is 1.96 bits per heavy atom. The van der Waals surface area contributed by atoms with E-state index in [2.05, 4.69) is 20.5 Å². The third kappa shape index (κ3) is 4.25. The number of nitrogens with zero attached hydrogens (tertiary/aromatic N) is 4. The lowest BCUT2D eigenvalue weighted by molar-refractivity contribution is -0.121. The van der Waals surface area contributed by atoms with Crippen LogP contribution in [0.25, 0.3) is 0 Å². The fraction of sp³-hybridized carbons (Fsp3) is 0.526. The van der Waals surface area contributed by atoms with Crippen LogP contribution in [0.2, 0.25) is 0 Å². The molecule has 0 radical (unpaired) electrons. The standard InChI is InChI=1S/C19H27N5O/c1-14-5-4-6-15(2)18(14)21-19(25)16(3)23-10-7-17(8-11-23)13-24-12-9-20-22-24/h4-6,9,12,16-17H,7-8,10-11,13H2,1-3H3,(H,21,25). The van der Waals surface area contributed by atoms with Gasteiger partial charge in [0.25, 0.3) is 0 Å². The summed E-state index contributed by atoms with van der Waals surface area (Å²) in [4.78, 5) is 15.0. The molecule has 1 saturated heterocycles. The number of aromatic nitrogens is 3. The number of para-hydroxylation sites is 1. The van der Waals surface area contributed by atoms with E-state index in [0.29, 0.717) is 5.92 Å². The molecule has 0 aliphatic carbocycles. The molecule has 6 nitrogen and oxygen atoms in total. The van der Waals surface area contributed by atoms with Crippen LogP contribution in [0.1, 0.15) is 30.9 Å². The van der Waals surface area contributed by atoms with E-state index in [-0.39, 0.29) is 11.9 Å². The average molecular weight is 341 g/mol. The van der Waals surface area contributed by atoms with Gasteiger partial charge in [-0.15, -0.1) is 5.10 Å². The van der Waals surface area contributed by atoms with Crippen LogP contribution in [0.4, 0.5) is 5.69 Å². The maximum Gasteiger partial charge on any atom is 0.241 e. The molecule has 0 bridgehead atoms. The van der Waals surface area contributed by atoms with Crippen molar-refractivity contribution in [2.45, 2.75) is 46.2 Å². The van der Waals surface area contributed by atoms with Gasteiger partial charge in [0.05, 0.1) is 12.2 Å². The SMILES string of the molecule is Cc1cccc(C)c1NC(=O)C(C)N1CCC(Cn2ccnn2)CC1. The first-order chi connectivity index (χ1) is 12.0. The predicted octanol–water partition coefficient (Wildman–Crippen LogP) is 2.63. The van der Waals surface area contributed by atoms with E-state index in [4.69, 9.17) is 0 Å². The van der Waals surface area contributed by atoms with Crippen LogP contribution in [0, 0.1) is 19.8 Å². The fourth-order valence-corrected chi connectivity index (χ4v) is 3.52. The number of amides is 1. The largest absolute Gasteiger partial charge is 0.324 e. The van der Waals surface area contributed by atoms with E-state index in [1.807, 2.05) is 49.8 Å². The molecule has 1 atom stereocenters. The Bertz CT molecular complexity index is 684. The zero-order chi connectivity index (χ0) is 17.8. The highest BCUT2D eigenvalue weighted by molar-refractivity contribution is 5.95. The van der Waals surface area contributed by atoms with Crippen LogP contribution in [-0.2, 0) is 11.3 Å². The molecular weight excluding hydrogens is 314 g/mol. The number of nitrogens with one attached hydrogen (secondary N) is 1. The van der Waals surface area contributed by atoms with E-state index in [0.717, 1.165) is 49.3 Å². The topological polar surface area (TPSA) is 63.1 Å².